The summed E-state index contributed by atoms with van der Waals surface area (Å²) in [6, 6.07) is 0.512. The van der Waals surface area contributed by atoms with Gasteiger partial charge in [0.25, 0.3) is 0 Å². The predicted octanol–water partition coefficient (Wildman–Crippen LogP) is 3.85. The van der Waals surface area contributed by atoms with Crippen molar-refractivity contribution in [1.82, 2.24) is 15.1 Å². The highest BCUT2D eigenvalue weighted by Gasteiger charge is 2.40. The van der Waals surface area contributed by atoms with E-state index in [9.17, 15) is 0 Å². The molecular weight excluding hydrogens is 258 g/mol. The molecule has 118 valence electrons. The van der Waals surface area contributed by atoms with Gasteiger partial charge in [-0.05, 0) is 62.8 Å². The van der Waals surface area contributed by atoms with E-state index < -0.39 is 0 Å². The Bertz CT molecular complexity index is 465. The number of aromatic nitrogens is 2. The Morgan fingerprint density at radius 1 is 1.33 bits per heavy atom. The van der Waals surface area contributed by atoms with Gasteiger partial charge < -0.3 is 5.32 Å². The summed E-state index contributed by atoms with van der Waals surface area (Å²) in [6.07, 6.45) is 11.8. The second kappa shape index (κ2) is 6.51. The first-order valence-electron chi connectivity index (χ1n) is 8.97. The summed E-state index contributed by atoms with van der Waals surface area (Å²) < 4.78 is 2.00. The fourth-order valence-corrected chi connectivity index (χ4v) is 4.73. The van der Waals surface area contributed by atoms with Crippen LogP contribution in [0, 0.1) is 17.8 Å². The summed E-state index contributed by atoms with van der Waals surface area (Å²) in [5.41, 5.74) is 2.74. The summed E-state index contributed by atoms with van der Waals surface area (Å²) in [4.78, 5) is 0. The van der Waals surface area contributed by atoms with Gasteiger partial charge in [-0.2, -0.15) is 5.10 Å². The summed E-state index contributed by atoms with van der Waals surface area (Å²) in [5.74, 6) is 3.01. The second-order valence-corrected chi connectivity index (χ2v) is 7.24. The van der Waals surface area contributed by atoms with Crippen molar-refractivity contribution in [3.63, 3.8) is 0 Å². The van der Waals surface area contributed by atoms with Gasteiger partial charge >= 0.3 is 0 Å². The largest absolute Gasteiger partial charge is 0.310 e. The minimum absolute atomic E-state index is 0.512. The molecule has 4 unspecified atom stereocenters. The van der Waals surface area contributed by atoms with Crippen LogP contribution in [0.5, 0.6) is 0 Å². The van der Waals surface area contributed by atoms with Crippen LogP contribution in [0.1, 0.15) is 69.7 Å². The Morgan fingerprint density at radius 2 is 2.19 bits per heavy atom. The van der Waals surface area contributed by atoms with Crippen LogP contribution in [0.3, 0.4) is 0 Å². The number of nitrogens with one attached hydrogen (secondary N) is 1. The van der Waals surface area contributed by atoms with Gasteiger partial charge in [0.2, 0.25) is 0 Å². The molecule has 2 bridgehead atoms. The van der Waals surface area contributed by atoms with E-state index in [1.54, 1.807) is 0 Å². The molecule has 2 aliphatic carbocycles. The molecule has 0 aliphatic heterocycles. The Morgan fingerprint density at radius 3 is 2.81 bits per heavy atom. The summed E-state index contributed by atoms with van der Waals surface area (Å²) in [5, 5.41) is 8.46. The van der Waals surface area contributed by atoms with Crippen molar-refractivity contribution in [3.8, 4) is 0 Å². The molecule has 2 aliphatic rings. The van der Waals surface area contributed by atoms with Gasteiger partial charge in [-0.25, -0.2) is 0 Å². The van der Waals surface area contributed by atoms with Gasteiger partial charge in [-0.15, -0.1) is 0 Å². The van der Waals surface area contributed by atoms with Gasteiger partial charge in [-0.1, -0.05) is 20.3 Å². The van der Waals surface area contributed by atoms with Gasteiger partial charge in [-0.3, -0.25) is 4.68 Å². The van der Waals surface area contributed by atoms with Gasteiger partial charge in [0.1, 0.15) is 0 Å². The molecule has 4 atom stereocenters. The van der Waals surface area contributed by atoms with Crippen LogP contribution in [-0.2, 0) is 13.5 Å². The van der Waals surface area contributed by atoms with E-state index in [4.69, 9.17) is 0 Å². The molecule has 3 heteroatoms. The Kier molecular flexibility index (Phi) is 4.68. The van der Waals surface area contributed by atoms with Gasteiger partial charge in [0.15, 0.2) is 0 Å². The van der Waals surface area contributed by atoms with Gasteiger partial charge in [0, 0.05) is 24.8 Å². The fraction of sp³-hybridized carbons (Fsp3) is 0.833. The summed E-state index contributed by atoms with van der Waals surface area (Å²) in [6.45, 7) is 5.59. The summed E-state index contributed by atoms with van der Waals surface area (Å²) >= 11 is 0. The van der Waals surface area contributed by atoms with Crippen molar-refractivity contribution in [2.45, 2.75) is 64.8 Å². The SMILES string of the molecule is CCCNC(CC1CC2CCC1C2)c1cn(C)nc1CC. The fourth-order valence-electron chi connectivity index (χ4n) is 4.73. The molecule has 2 fully saturated rings. The van der Waals surface area contributed by atoms with Crippen molar-refractivity contribution in [2.75, 3.05) is 6.54 Å². The minimum Gasteiger partial charge on any atom is -0.310 e. The molecule has 0 amide bonds. The quantitative estimate of drug-likeness (QED) is 0.826. The van der Waals surface area contributed by atoms with Crippen LogP contribution in [0.25, 0.3) is 0 Å². The van der Waals surface area contributed by atoms with Crippen molar-refractivity contribution >= 4 is 0 Å². The zero-order chi connectivity index (χ0) is 14.8. The molecule has 1 aromatic heterocycles. The molecule has 0 spiro atoms. The number of hydrogen-bond donors (Lipinski definition) is 1. The van der Waals surface area contributed by atoms with Crippen molar-refractivity contribution in [3.05, 3.63) is 17.5 Å². The lowest BCUT2D eigenvalue weighted by atomic mass is 9.82. The highest BCUT2D eigenvalue weighted by atomic mass is 15.3. The molecule has 0 saturated heterocycles. The first-order chi connectivity index (χ1) is 10.2. The molecule has 2 saturated carbocycles. The van der Waals surface area contributed by atoms with E-state index in [1.807, 2.05) is 4.68 Å². The molecule has 1 heterocycles. The van der Waals surface area contributed by atoms with Crippen molar-refractivity contribution in [2.24, 2.45) is 24.8 Å². The lowest BCUT2D eigenvalue weighted by Crippen LogP contribution is -2.26. The smallest absolute Gasteiger partial charge is 0.0669 e. The van der Waals surface area contributed by atoms with E-state index in [1.165, 1.54) is 49.8 Å². The van der Waals surface area contributed by atoms with Crippen LogP contribution < -0.4 is 5.32 Å². The maximum Gasteiger partial charge on any atom is 0.0669 e. The Balaban J connectivity index is 1.73. The van der Waals surface area contributed by atoms with Gasteiger partial charge in [0.05, 0.1) is 5.69 Å². The highest BCUT2D eigenvalue weighted by molar-refractivity contribution is 5.22. The number of rotatable bonds is 7. The lowest BCUT2D eigenvalue weighted by Gasteiger charge is -2.27. The number of fused-ring (bicyclic) bond motifs is 2. The van der Waals surface area contributed by atoms with E-state index >= 15 is 0 Å². The number of nitrogens with zero attached hydrogens (tertiary/aromatic N) is 2. The van der Waals surface area contributed by atoms with E-state index in [0.717, 1.165) is 30.7 Å². The van der Waals surface area contributed by atoms with Crippen LogP contribution >= 0.6 is 0 Å². The van der Waals surface area contributed by atoms with Crippen molar-refractivity contribution in [1.29, 1.82) is 0 Å². The topological polar surface area (TPSA) is 29.9 Å². The molecule has 21 heavy (non-hydrogen) atoms. The second-order valence-electron chi connectivity index (χ2n) is 7.24. The van der Waals surface area contributed by atoms with E-state index in [-0.39, 0.29) is 0 Å². The molecule has 3 nitrogen and oxygen atoms in total. The minimum atomic E-state index is 0.512. The lowest BCUT2D eigenvalue weighted by molar-refractivity contribution is 0.279. The third kappa shape index (κ3) is 3.18. The third-order valence-electron chi connectivity index (χ3n) is 5.71. The number of aryl methyl sites for hydroxylation is 2. The van der Waals surface area contributed by atoms with E-state index in [2.05, 4.69) is 37.5 Å². The normalized spacial score (nSPS) is 29.2. The molecule has 1 aromatic rings. The Hall–Kier alpha value is -0.830. The average Bonchev–Trinajstić information content (AvgIpc) is 3.18. The van der Waals surface area contributed by atoms with Crippen LogP contribution in [0.4, 0.5) is 0 Å². The predicted molar refractivity (Wildman–Crippen MR) is 87.2 cm³/mol. The highest BCUT2D eigenvalue weighted by Crippen LogP contribution is 2.51. The van der Waals surface area contributed by atoms with Crippen LogP contribution in [0.2, 0.25) is 0 Å². The monoisotopic (exact) mass is 289 g/mol. The van der Waals surface area contributed by atoms with Crippen molar-refractivity contribution < 1.29 is 0 Å². The molecule has 0 radical (unpaired) electrons. The average molecular weight is 289 g/mol. The maximum atomic E-state index is 4.66. The molecular formula is C18H31N3. The van der Waals surface area contributed by atoms with Crippen LogP contribution in [0.15, 0.2) is 6.20 Å². The van der Waals surface area contributed by atoms with E-state index in [0.29, 0.717) is 6.04 Å². The first kappa shape index (κ1) is 15.1. The standard InChI is InChI=1S/C18H31N3/c1-4-8-19-18(16-12-21(3)20-17(16)5-2)11-15-10-13-6-7-14(15)9-13/h12-15,18-19H,4-11H2,1-3H3. The Labute approximate surface area is 129 Å². The zero-order valence-corrected chi connectivity index (χ0v) is 13.9. The van der Waals surface area contributed by atoms with Crippen LogP contribution in [-0.4, -0.2) is 16.3 Å². The first-order valence-corrected chi connectivity index (χ1v) is 8.97. The zero-order valence-electron chi connectivity index (χ0n) is 13.9. The molecule has 0 aromatic carbocycles. The third-order valence-corrected chi connectivity index (χ3v) is 5.71. The maximum absolute atomic E-state index is 4.66. The molecule has 1 N–H and O–H groups in total. The molecule has 3 rings (SSSR count). The summed E-state index contributed by atoms with van der Waals surface area (Å²) in [7, 11) is 2.05. The number of hydrogen-bond acceptors (Lipinski definition) is 2.